The summed E-state index contributed by atoms with van der Waals surface area (Å²) in [5.41, 5.74) is 0. The molecule has 86 valence electrons. The Morgan fingerprint density at radius 1 is 1.67 bits per heavy atom. The molecule has 0 aliphatic carbocycles. The van der Waals surface area contributed by atoms with Gasteiger partial charge in [-0.3, -0.25) is 10.1 Å². The summed E-state index contributed by atoms with van der Waals surface area (Å²) in [6, 6.07) is -0.359. The number of piperidine rings is 1. The predicted molar refractivity (Wildman–Crippen MR) is 61.0 cm³/mol. The summed E-state index contributed by atoms with van der Waals surface area (Å²) in [7, 11) is 0. The highest BCUT2D eigenvalue weighted by Gasteiger charge is 2.47. The van der Waals surface area contributed by atoms with Gasteiger partial charge in [0.05, 0.1) is 4.87 Å². The molecule has 0 aromatic carbocycles. The maximum Gasteiger partial charge on any atom is 0.321 e. The van der Waals surface area contributed by atoms with Crippen LogP contribution in [0.4, 0.5) is 0 Å². The van der Waals surface area contributed by atoms with Gasteiger partial charge in [0, 0.05) is 12.3 Å². The fourth-order valence-electron chi connectivity index (χ4n) is 2.52. The zero-order valence-corrected chi connectivity index (χ0v) is 9.77. The average molecular weight is 230 g/mol. The van der Waals surface area contributed by atoms with Gasteiger partial charge in [0.1, 0.15) is 6.04 Å². The van der Waals surface area contributed by atoms with Crippen molar-refractivity contribution >= 4 is 17.7 Å². The van der Waals surface area contributed by atoms with Crippen molar-refractivity contribution in [3.63, 3.8) is 0 Å². The lowest BCUT2D eigenvalue weighted by Gasteiger charge is -2.41. The molecule has 2 aliphatic heterocycles. The maximum absolute atomic E-state index is 10.9. The van der Waals surface area contributed by atoms with E-state index >= 15 is 0 Å². The highest BCUT2D eigenvalue weighted by molar-refractivity contribution is 8.01. The molecule has 3 atom stereocenters. The van der Waals surface area contributed by atoms with E-state index in [9.17, 15) is 4.79 Å². The summed E-state index contributed by atoms with van der Waals surface area (Å²) in [5.74, 6) is 0.527. The number of hydrogen-bond acceptors (Lipinski definition) is 4. The molecular formula is C10H18N2O2S. The summed E-state index contributed by atoms with van der Waals surface area (Å²) in [4.78, 5) is 10.9. The second-order valence-corrected chi connectivity index (χ2v) is 5.65. The highest BCUT2D eigenvalue weighted by Crippen LogP contribution is 2.42. The van der Waals surface area contributed by atoms with Crippen LogP contribution in [0.2, 0.25) is 0 Å². The van der Waals surface area contributed by atoms with Crippen molar-refractivity contribution in [1.29, 1.82) is 0 Å². The zero-order chi connectivity index (χ0) is 10.9. The van der Waals surface area contributed by atoms with E-state index in [4.69, 9.17) is 5.11 Å². The van der Waals surface area contributed by atoms with Gasteiger partial charge in [0.15, 0.2) is 0 Å². The molecule has 2 saturated heterocycles. The van der Waals surface area contributed by atoms with Crippen molar-refractivity contribution in [2.45, 2.75) is 30.7 Å². The topological polar surface area (TPSA) is 61.4 Å². The van der Waals surface area contributed by atoms with Gasteiger partial charge in [0.2, 0.25) is 0 Å². The van der Waals surface area contributed by atoms with E-state index in [1.807, 2.05) is 0 Å². The van der Waals surface area contributed by atoms with Crippen molar-refractivity contribution in [3.05, 3.63) is 0 Å². The van der Waals surface area contributed by atoms with E-state index in [1.54, 1.807) is 11.8 Å². The lowest BCUT2D eigenvalue weighted by molar-refractivity contribution is -0.139. The summed E-state index contributed by atoms with van der Waals surface area (Å²) in [6.45, 7) is 4.17. The first-order chi connectivity index (χ1) is 7.18. The minimum Gasteiger partial charge on any atom is -0.480 e. The van der Waals surface area contributed by atoms with E-state index in [0.717, 1.165) is 25.9 Å². The van der Waals surface area contributed by atoms with E-state index in [2.05, 4.69) is 17.6 Å². The molecule has 0 amide bonds. The Kier molecular flexibility index (Phi) is 3.23. The van der Waals surface area contributed by atoms with Gasteiger partial charge in [0.25, 0.3) is 0 Å². The van der Waals surface area contributed by atoms with Crippen molar-refractivity contribution in [3.8, 4) is 0 Å². The summed E-state index contributed by atoms with van der Waals surface area (Å²) in [5, 5.41) is 15.7. The smallest absolute Gasteiger partial charge is 0.321 e. The Morgan fingerprint density at radius 3 is 3.07 bits per heavy atom. The van der Waals surface area contributed by atoms with Gasteiger partial charge in [-0.25, -0.2) is 0 Å². The first-order valence-electron chi connectivity index (χ1n) is 5.53. The molecule has 2 rings (SSSR count). The molecule has 15 heavy (non-hydrogen) atoms. The Labute approximate surface area is 94.2 Å². The molecule has 1 spiro atoms. The Morgan fingerprint density at radius 2 is 2.47 bits per heavy atom. The molecular weight excluding hydrogens is 212 g/mol. The molecule has 2 aliphatic rings. The SMILES string of the molecule is CCC1CNCCC12N[C@@H](C(=O)O)CS2. The maximum atomic E-state index is 10.9. The molecule has 4 nitrogen and oxygen atoms in total. The van der Waals surface area contributed by atoms with Crippen molar-refractivity contribution < 1.29 is 9.90 Å². The molecule has 0 aromatic rings. The van der Waals surface area contributed by atoms with E-state index in [1.165, 1.54) is 0 Å². The van der Waals surface area contributed by atoms with Crippen LogP contribution in [-0.2, 0) is 4.79 Å². The number of carboxylic acids is 1. The van der Waals surface area contributed by atoms with E-state index < -0.39 is 5.97 Å². The Balaban J connectivity index is 2.09. The minimum absolute atomic E-state index is 0.0169. The number of carboxylic acid groups (broad SMARTS) is 1. The van der Waals surface area contributed by atoms with Crippen LogP contribution in [0.25, 0.3) is 0 Å². The standard InChI is InChI=1S/C10H18N2O2S/c1-2-7-5-11-4-3-10(7)12-8(6-15-10)9(13)14/h7-8,11-12H,2-6H2,1H3,(H,13,14)/t7?,8-,10?/m1/s1. The monoisotopic (exact) mass is 230 g/mol. The molecule has 0 aromatic heterocycles. The molecule has 2 unspecified atom stereocenters. The fourth-order valence-corrected chi connectivity index (χ4v) is 4.16. The molecule has 0 radical (unpaired) electrons. The number of thioether (sulfide) groups is 1. The lowest BCUT2D eigenvalue weighted by Crippen LogP contribution is -2.56. The zero-order valence-electron chi connectivity index (χ0n) is 8.95. The van der Waals surface area contributed by atoms with E-state index in [-0.39, 0.29) is 10.9 Å². The second-order valence-electron chi connectivity index (χ2n) is 4.29. The van der Waals surface area contributed by atoms with Crippen LogP contribution < -0.4 is 10.6 Å². The molecule has 0 saturated carbocycles. The van der Waals surface area contributed by atoms with E-state index in [0.29, 0.717) is 11.7 Å². The number of nitrogens with one attached hydrogen (secondary N) is 2. The number of rotatable bonds is 2. The van der Waals surface area contributed by atoms with Crippen molar-refractivity contribution in [2.75, 3.05) is 18.8 Å². The van der Waals surface area contributed by atoms with Crippen molar-refractivity contribution in [2.24, 2.45) is 5.92 Å². The van der Waals surface area contributed by atoms with Crippen LogP contribution in [0.15, 0.2) is 0 Å². The molecule has 3 N–H and O–H groups in total. The highest BCUT2D eigenvalue weighted by atomic mass is 32.2. The molecule has 0 bridgehead atoms. The van der Waals surface area contributed by atoms with Crippen LogP contribution in [0.5, 0.6) is 0 Å². The molecule has 5 heteroatoms. The lowest BCUT2D eigenvalue weighted by atomic mass is 9.90. The second kappa shape index (κ2) is 4.31. The predicted octanol–water partition coefficient (Wildman–Crippen LogP) is 0.492. The summed E-state index contributed by atoms with van der Waals surface area (Å²) < 4.78 is 0. The van der Waals surface area contributed by atoms with Crippen LogP contribution in [0.1, 0.15) is 19.8 Å². The van der Waals surface area contributed by atoms with Crippen molar-refractivity contribution in [1.82, 2.24) is 10.6 Å². The van der Waals surface area contributed by atoms with Gasteiger partial charge in [-0.2, -0.15) is 0 Å². The van der Waals surface area contributed by atoms with Gasteiger partial charge in [-0.05, 0) is 25.3 Å². The van der Waals surface area contributed by atoms with Gasteiger partial charge >= 0.3 is 5.97 Å². The third kappa shape index (κ3) is 2.00. The van der Waals surface area contributed by atoms with Gasteiger partial charge in [-0.15, -0.1) is 11.8 Å². The number of hydrogen-bond donors (Lipinski definition) is 3. The Hall–Kier alpha value is -0.260. The van der Waals surface area contributed by atoms with Crippen LogP contribution >= 0.6 is 11.8 Å². The minimum atomic E-state index is -0.715. The van der Waals surface area contributed by atoms with Gasteiger partial charge < -0.3 is 10.4 Å². The molecule has 2 fully saturated rings. The van der Waals surface area contributed by atoms with Gasteiger partial charge in [-0.1, -0.05) is 6.92 Å². The first kappa shape index (κ1) is 11.2. The van der Waals surface area contributed by atoms with Crippen LogP contribution in [0.3, 0.4) is 0 Å². The third-order valence-electron chi connectivity index (χ3n) is 3.44. The molecule has 2 heterocycles. The Bertz CT molecular complexity index is 262. The normalized spacial score (nSPS) is 40.9. The summed E-state index contributed by atoms with van der Waals surface area (Å²) in [6.07, 6.45) is 2.12. The number of aliphatic carboxylic acids is 1. The average Bonchev–Trinajstić information content (AvgIpc) is 2.64. The first-order valence-corrected chi connectivity index (χ1v) is 6.51. The number of carbonyl (C=O) groups is 1. The largest absolute Gasteiger partial charge is 0.480 e. The third-order valence-corrected chi connectivity index (χ3v) is 5.11. The van der Waals surface area contributed by atoms with Crippen LogP contribution in [0, 0.1) is 5.92 Å². The van der Waals surface area contributed by atoms with Crippen LogP contribution in [-0.4, -0.2) is 40.8 Å². The fraction of sp³-hybridized carbons (Fsp3) is 0.900. The quantitative estimate of drug-likeness (QED) is 0.644. The summed E-state index contributed by atoms with van der Waals surface area (Å²) >= 11 is 1.80.